The number of carbonyl (C=O) groups is 2. The number of amides is 1. The van der Waals surface area contributed by atoms with Gasteiger partial charge in [-0.05, 0) is 74.8 Å². The summed E-state index contributed by atoms with van der Waals surface area (Å²) in [5.41, 5.74) is 4.16. The van der Waals surface area contributed by atoms with Gasteiger partial charge in [-0.1, -0.05) is 66.7 Å². The topological polar surface area (TPSA) is 71.1 Å². The third-order valence-corrected chi connectivity index (χ3v) is 7.31. The van der Waals surface area contributed by atoms with E-state index in [0.29, 0.717) is 23.6 Å². The predicted octanol–water partition coefficient (Wildman–Crippen LogP) is 6.89. The Labute approximate surface area is 254 Å². The Balaban J connectivity index is 1.50. The largest absolute Gasteiger partial charge is 0.488 e. The molecule has 4 aromatic carbocycles. The van der Waals surface area contributed by atoms with Gasteiger partial charge in [0.2, 0.25) is 0 Å². The lowest BCUT2D eigenvalue weighted by molar-refractivity contribution is 0.00707. The number of benzene rings is 4. The third-order valence-electron chi connectivity index (χ3n) is 7.31. The molecule has 7 heteroatoms. The maximum atomic E-state index is 14.1. The van der Waals surface area contributed by atoms with Crippen molar-refractivity contribution in [3.63, 3.8) is 0 Å². The van der Waals surface area contributed by atoms with Gasteiger partial charge in [-0.3, -0.25) is 4.79 Å². The summed E-state index contributed by atoms with van der Waals surface area (Å²) in [6, 6.07) is 30.8. The molecule has 222 valence electrons. The monoisotopic (exact) mass is 577 g/mol. The maximum Gasteiger partial charge on any atom is 0.340 e. The Morgan fingerprint density at radius 3 is 2.12 bits per heavy atom. The van der Waals surface area contributed by atoms with Gasteiger partial charge in [0.15, 0.2) is 0 Å². The molecule has 0 atom stereocenters. The Hall–Kier alpha value is -4.62. The lowest BCUT2D eigenvalue weighted by atomic mass is 10.0. The predicted molar refractivity (Wildman–Crippen MR) is 172 cm³/mol. The van der Waals surface area contributed by atoms with Crippen LogP contribution in [0.2, 0.25) is 0 Å². The number of nitrogens with zero attached hydrogens (tertiary/aromatic N) is 2. The first-order valence-corrected chi connectivity index (χ1v) is 14.6. The van der Waals surface area contributed by atoms with E-state index in [4.69, 9.17) is 9.47 Å². The number of anilines is 2. The molecule has 1 saturated heterocycles. The molecule has 1 heterocycles. The molecule has 0 aliphatic carbocycles. The van der Waals surface area contributed by atoms with E-state index in [1.54, 1.807) is 6.07 Å². The first kappa shape index (κ1) is 29.9. The van der Waals surface area contributed by atoms with E-state index in [0.717, 1.165) is 48.6 Å². The fraction of sp³-hybridized carbons (Fsp3) is 0.278. The number of nitrogens with one attached hydrogen (secondary N) is 1. The van der Waals surface area contributed by atoms with Gasteiger partial charge in [0, 0.05) is 31.9 Å². The van der Waals surface area contributed by atoms with Crippen molar-refractivity contribution in [2.45, 2.75) is 33.0 Å². The van der Waals surface area contributed by atoms with E-state index in [2.05, 4.69) is 22.2 Å². The molecule has 0 unspecified atom stereocenters. The average Bonchev–Trinajstić information content (AvgIpc) is 3.00. The van der Waals surface area contributed by atoms with Crippen molar-refractivity contribution in [2.24, 2.45) is 0 Å². The quantitative estimate of drug-likeness (QED) is 0.230. The number of ether oxygens (including phenoxy) is 2. The number of likely N-dealkylation sites (N-methyl/N-ethyl adjacent to an activating group) is 1. The highest BCUT2D eigenvalue weighted by Gasteiger charge is 2.24. The third kappa shape index (κ3) is 7.81. The molecule has 4 aromatic rings. The first-order chi connectivity index (χ1) is 20.7. The molecular formula is C36H39N3O4. The summed E-state index contributed by atoms with van der Waals surface area (Å²) in [5, 5.41) is 3.03. The van der Waals surface area contributed by atoms with E-state index in [1.165, 1.54) is 0 Å². The number of hydrogen-bond acceptors (Lipinski definition) is 6. The molecule has 7 nitrogen and oxygen atoms in total. The van der Waals surface area contributed by atoms with Crippen LogP contribution in [0, 0.1) is 0 Å². The highest BCUT2D eigenvalue weighted by atomic mass is 16.6. The summed E-state index contributed by atoms with van der Waals surface area (Å²) in [4.78, 5) is 31.9. The van der Waals surface area contributed by atoms with E-state index in [-0.39, 0.29) is 11.5 Å². The SMILES string of the molecule is CN1CCN(c2ccc(OCc3ccccc3)c(C(=O)Nc3cc(-c4ccccc4)ccc3C(=O)OC(C)(C)C)c2)CC1. The van der Waals surface area contributed by atoms with Crippen LogP contribution in [0.15, 0.2) is 97.1 Å². The van der Waals surface area contributed by atoms with Crippen molar-refractivity contribution in [3.8, 4) is 16.9 Å². The minimum Gasteiger partial charge on any atom is -0.488 e. The van der Waals surface area contributed by atoms with Crippen LogP contribution < -0.4 is 15.0 Å². The Morgan fingerprint density at radius 2 is 1.44 bits per heavy atom. The van der Waals surface area contributed by atoms with Gasteiger partial charge in [0.25, 0.3) is 5.91 Å². The normalized spacial score (nSPS) is 13.8. The molecule has 0 aromatic heterocycles. The molecular weight excluding hydrogens is 538 g/mol. The minimum atomic E-state index is -0.689. The number of carbonyl (C=O) groups excluding carboxylic acids is 2. The summed E-state index contributed by atoms with van der Waals surface area (Å²) >= 11 is 0. The molecule has 1 aliphatic heterocycles. The zero-order valence-corrected chi connectivity index (χ0v) is 25.3. The number of piperazine rings is 1. The van der Waals surface area contributed by atoms with Crippen molar-refractivity contribution < 1.29 is 19.1 Å². The van der Waals surface area contributed by atoms with E-state index in [1.807, 2.05) is 112 Å². The molecule has 5 rings (SSSR count). The van der Waals surface area contributed by atoms with Gasteiger partial charge in [0.05, 0.1) is 16.8 Å². The van der Waals surface area contributed by atoms with Crippen molar-refractivity contribution >= 4 is 23.3 Å². The van der Waals surface area contributed by atoms with Crippen LogP contribution in [0.25, 0.3) is 11.1 Å². The average molecular weight is 578 g/mol. The molecule has 1 amide bonds. The second-order valence-corrected chi connectivity index (χ2v) is 11.8. The van der Waals surface area contributed by atoms with Crippen molar-refractivity contribution in [2.75, 3.05) is 43.4 Å². The van der Waals surface area contributed by atoms with E-state index < -0.39 is 11.6 Å². The molecule has 0 radical (unpaired) electrons. The number of hydrogen-bond donors (Lipinski definition) is 1. The van der Waals surface area contributed by atoms with Gasteiger partial charge >= 0.3 is 5.97 Å². The minimum absolute atomic E-state index is 0.282. The molecule has 1 fully saturated rings. The van der Waals surface area contributed by atoms with Crippen LogP contribution in [0.1, 0.15) is 47.1 Å². The van der Waals surface area contributed by atoms with E-state index in [9.17, 15) is 9.59 Å². The fourth-order valence-electron chi connectivity index (χ4n) is 4.98. The Morgan fingerprint density at radius 1 is 0.767 bits per heavy atom. The second-order valence-electron chi connectivity index (χ2n) is 11.8. The lowest BCUT2D eigenvalue weighted by Crippen LogP contribution is -2.44. The summed E-state index contributed by atoms with van der Waals surface area (Å²) in [7, 11) is 2.11. The molecule has 0 bridgehead atoms. The Kier molecular flexibility index (Phi) is 9.12. The summed E-state index contributed by atoms with van der Waals surface area (Å²) < 4.78 is 11.9. The van der Waals surface area contributed by atoms with Gasteiger partial charge in [-0.15, -0.1) is 0 Å². The van der Waals surface area contributed by atoms with Gasteiger partial charge in [-0.2, -0.15) is 0 Å². The maximum absolute atomic E-state index is 14.1. The van der Waals surface area contributed by atoms with Gasteiger partial charge in [-0.25, -0.2) is 4.79 Å². The fourth-order valence-corrected chi connectivity index (χ4v) is 4.98. The van der Waals surface area contributed by atoms with Crippen LogP contribution >= 0.6 is 0 Å². The van der Waals surface area contributed by atoms with Gasteiger partial charge in [0.1, 0.15) is 18.0 Å². The van der Waals surface area contributed by atoms with Crippen LogP contribution in [-0.4, -0.2) is 55.6 Å². The smallest absolute Gasteiger partial charge is 0.340 e. The summed E-state index contributed by atoms with van der Waals surface area (Å²) in [6.45, 7) is 9.40. The Bertz CT molecular complexity index is 1560. The lowest BCUT2D eigenvalue weighted by Gasteiger charge is -2.34. The number of esters is 1. The standard InChI is InChI=1S/C36H39N3O4/c1-36(2,3)43-35(41)30-17-15-28(27-13-9-6-10-14-27)23-32(30)37-34(40)31-24-29(39-21-19-38(4)20-22-39)16-18-33(31)42-25-26-11-7-5-8-12-26/h5-18,23-24H,19-22,25H2,1-4H3,(H,37,40). The summed E-state index contributed by atoms with van der Waals surface area (Å²) in [6.07, 6.45) is 0. The zero-order chi connectivity index (χ0) is 30.4. The van der Waals surface area contributed by atoms with Crippen molar-refractivity contribution in [3.05, 3.63) is 114 Å². The highest BCUT2D eigenvalue weighted by molar-refractivity contribution is 6.10. The van der Waals surface area contributed by atoms with E-state index >= 15 is 0 Å². The zero-order valence-electron chi connectivity index (χ0n) is 25.3. The molecule has 1 N–H and O–H groups in total. The molecule has 0 saturated carbocycles. The van der Waals surface area contributed by atoms with Crippen LogP contribution in [0.3, 0.4) is 0 Å². The van der Waals surface area contributed by atoms with Crippen molar-refractivity contribution in [1.82, 2.24) is 4.90 Å². The molecule has 1 aliphatic rings. The molecule has 0 spiro atoms. The molecule has 43 heavy (non-hydrogen) atoms. The second kappa shape index (κ2) is 13.1. The van der Waals surface area contributed by atoms with Crippen LogP contribution in [0.4, 0.5) is 11.4 Å². The summed E-state index contributed by atoms with van der Waals surface area (Å²) in [5.74, 6) is -0.402. The van der Waals surface area contributed by atoms with Gasteiger partial charge < -0.3 is 24.6 Å². The van der Waals surface area contributed by atoms with Crippen LogP contribution in [-0.2, 0) is 11.3 Å². The van der Waals surface area contributed by atoms with Crippen LogP contribution in [0.5, 0.6) is 5.75 Å². The highest BCUT2D eigenvalue weighted by Crippen LogP contribution is 2.31. The number of rotatable bonds is 8. The van der Waals surface area contributed by atoms with Crippen molar-refractivity contribution in [1.29, 1.82) is 0 Å². The first-order valence-electron chi connectivity index (χ1n) is 14.6.